The van der Waals surface area contributed by atoms with Gasteiger partial charge in [0.15, 0.2) is 5.16 Å². The van der Waals surface area contributed by atoms with Gasteiger partial charge in [-0.15, -0.1) is 11.3 Å². The molecule has 2 heterocycles. The Labute approximate surface area is 204 Å². The van der Waals surface area contributed by atoms with Gasteiger partial charge in [0.2, 0.25) is 11.8 Å². The van der Waals surface area contributed by atoms with Crippen molar-refractivity contribution in [2.24, 2.45) is 0 Å². The summed E-state index contributed by atoms with van der Waals surface area (Å²) >= 11 is 2.42. The molecule has 8 nitrogen and oxygen atoms in total. The SMILES string of the molecule is Cc1ccc(NC(=O)CN(C)C(=O)CSc2nc3scc(-c4ccccc4)c3c(=O)n2N)cc1. The number of carbonyl (C=O) groups excluding carboxylic acids is 2. The van der Waals surface area contributed by atoms with Crippen LogP contribution < -0.4 is 16.7 Å². The number of likely N-dealkylation sites (N-methyl/N-ethyl adjacent to an activating group) is 1. The zero-order valence-corrected chi connectivity index (χ0v) is 20.3. The number of aryl methyl sites for hydroxylation is 1. The summed E-state index contributed by atoms with van der Waals surface area (Å²) in [4.78, 5) is 44.2. The van der Waals surface area contributed by atoms with Crippen LogP contribution in [0.4, 0.5) is 5.69 Å². The molecule has 0 aliphatic heterocycles. The molecule has 10 heteroatoms. The molecular formula is C24H23N5O3S2. The van der Waals surface area contributed by atoms with Crippen LogP contribution in [0.2, 0.25) is 0 Å². The number of amides is 2. The molecule has 34 heavy (non-hydrogen) atoms. The summed E-state index contributed by atoms with van der Waals surface area (Å²) in [7, 11) is 1.55. The number of thiophene rings is 1. The van der Waals surface area contributed by atoms with Crippen molar-refractivity contribution in [2.75, 3.05) is 30.5 Å². The average molecular weight is 494 g/mol. The molecule has 0 radical (unpaired) electrons. The van der Waals surface area contributed by atoms with Crippen LogP contribution in [0.1, 0.15) is 5.56 Å². The molecular weight excluding hydrogens is 470 g/mol. The smallest absolute Gasteiger partial charge is 0.282 e. The molecule has 0 aliphatic rings. The van der Waals surface area contributed by atoms with Gasteiger partial charge in [0.05, 0.1) is 17.7 Å². The number of fused-ring (bicyclic) bond motifs is 1. The van der Waals surface area contributed by atoms with Crippen molar-refractivity contribution < 1.29 is 9.59 Å². The highest BCUT2D eigenvalue weighted by Gasteiger charge is 2.19. The lowest BCUT2D eigenvalue weighted by Crippen LogP contribution is -2.36. The van der Waals surface area contributed by atoms with Gasteiger partial charge < -0.3 is 16.1 Å². The van der Waals surface area contributed by atoms with Crippen LogP contribution in [-0.2, 0) is 9.59 Å². The second-order valence-corrected chi connectivity index (χ2v) is 9.52. The quantitative estimate of drug-likeness (QED) is 0.232. The molecule has 0 fully saturated rings. The Kier molecular flexibility index (Phi) is 6.99. The molecule has 0 saturated carbocycles. The largest absolute Gasteiger partial charge is 0.336 e. The minimum absolute atomic E-state index is 0.0135. The van der Waals surface area contributed by atoms with Gasteiger partial charge in [-0.25, -0.2) is 9.66 Å². The third-order valence-corrected chi connectivity index (χ3v) is 6.97. The summed E-state index contributed by atoms with van der Waals surface area (Å²) in [5.41, 5.74) is 3.08. The van der Waals surface area contributed by atoms with Crippen LogP contribution in [0.15, 0.2) is 69.9 Å². The number of nitrogens with two attached hydrogens (primary N) is 1. The molecule has 2 amide bonds. The summed E-state index contributed by atoms with van der Waals surface area (Å²) in [6.45, 7) is 1.87. The normalized spacial score (nSPS) is 10.9. The van der Waals surface area contributed by atoms with Gasteiger partial charge in [-0.2, -0.15) is 0 Å². The van der Waals surface area contributed by atoms with E-state index < -0.39 is 0 Å². The number of hydrogen-bond acceptors (Lipinski definition) is 7. The number of rotatable bonds is 7. The van der Waals surface area contributed by atoms with Gasteiger partial charge in [-0.3, -0.25) is 14.4 Å². The highest BCUT2D eigenvalue weighted by Crippen LogP contribution is 2.31. The highest BCUT2D eigenvalue weighted by molar-refractivity contribution is 7.99. The Morgan fingerprint density at radius 1 is 1.15 bits per heavy atom. The van der Waals surface area contributed by atoms with E-state index in [1.807, 2.05) is 54.8 Å². The lowest BCUT2D eigenvalue weighted by Gasteiger charge is -2.17. The van der Waals surface area contributed by atoms with Crippen molar-refractivity contribution in [1.29, 1.82) is 0 Å². The molecule has 3 N–H and O–H groups in total. The zero-order valence-electron chi connectivity index (χ0n) is 18.6. The molecule has 0 atom stereocenters. The number of nitrogen functional groups attached to an aromatic ring is 1. The van der Waals surface area contributed by atoms with Crippen molar-refractivity contribution in [3.63, 3.8) is 0 Å². The predicted octanol–water partition coefficient (Wildman–Crippen LogP) is 3.34. The van der Waals surface area contributed by atoms with Crippen molar-refractivity contribution in [1.82, 2.24) is 14.6 Å². The summed E-state index contributed by atoms with van der Waals surface area (Å²) in [6, 6.07) is 17.0. The van der Waals surface area contributed by atoms with Crippen LogP contribution in [0.25, 0.3) is 21.3 Å². The van der Waals surface area contributed by atoms with Crippen LogP contribution in [0.5, 0.6) is 0 Å². The van der Waals surface area contributed by atoms with Crippen LogP contribution in [-0.4, -0.2) is 45.7 Å². The van der Waals surface area contributed by atoms with Crippen molar-refractivity contribution in [3.05, 3.63) is 75.9 Å². The molecule has 2 aromatic carbocycles. The van der Waals surface area contributed by atoms with E-state index in [2.05, 4.69) is 10.3 Å². The summed E-state index contributed by atoms with van der Waals surface area (Å²) in [5, 5.41) is 5.35. The topological polar surface area (TPSA) is 110 Å². The minimum Gasteiger partial charge on any atom is -0.336 e. The fraction of sp³-hybridized carbons (Fsp3) is 0.167. The van der Waals surface area contributed by atoms with E-state index in [-0.39, 0.29) is 34.8 Å². The van der Waals surface area contributed by atoms with E-state index in [1.165, 1.54) is 16.2 Å². The number of hydrogen-bond donors (Lipinski definition) is 2. The third kappa shape index (κ3) is 5.13. The number of benzene rings is 2. The summed E-state index contributed by atoms with van der Waals surface area (Å²) in [5.74, 6) is 5.44. The first kappa shape index (κ1) is 23.5. The van der Waals surface area contributed by atoms with Gasteiger partial charge in [0.25, 0.3) is 5.56 Å². The Morgan fingerprint density at radius 3 is 2.56 bits per heavy atom. The number of carbonyl (C=O) groups is 2. The van der Waals surface area contributed by atoms with Crippen LogP contribution >= 0.6 is 23.1 Å². The first-order valence-corrected chi connectivity index (χ1v) is 12.3. The first-order chi connectivity index (χ1) is 16.3. The third-order valence-electron chi connectivity index (χ3n) is 5.16. The van der Waals surface area contributed by atoms with E-state index in [4.69, 9.17) is 5.84 Å². The summed E-state index contributed by atoms with van der Waals surface area (Å²) < 4.78 is 0.976. The zero-order chi connectivity index (χ0) is 24.2. The standard InChI is InChI=1S/C24H23N5O3S2/c1-15-8-10-17(11-9-15)26-19(30)12-28(2)20(31)14-34-24-27-22-21(23(32)29(24)25)18(13-33-22)16-6-4-3-5-7-16/h3-11,13H,12,14,25H2,1-2H3,(H,26,30). The lowest BCUT2D eigenvalue weighted by molar-refractivity contribution is -0.131. The second-order valence-electron chi connectivity index (χ2n) is 7.72. The number of nitrogens with one attached hydrogen (secondary N) is 1. The molecule has 4 rings (SSSR count). The number of aromatic nitrogens is 2. The molecule has 0 saturated heterocycles. The van der Waals surface area contributed by atoms with Gasteiger partial charge in [-0.05, 0) is 24.6 Å². The van der Waals surface area contributed by atoms with Gasteiger partial charge >= 0.3 is 0 Å². The average Bonchev–Trinajstić information content (AvgIpc) is 3.26. The van der Waals surface area contributed by atoms with Gasteiger partial charge in [-0.1, -0.05) is 59.8 Å². The monoisotopic (exact) mass is 493 g/mol. The fourth-order valence-corrected chi connectivity index (χ4v) is 5.14. The molecule has 0 bridgehead atoms. The molecule has 2 aromatic heterocycles. The Bertz CT molecular complexity index is 1400. The van der Waals surface area contributed by atoms with Gasteiger partial charge in [0.1, 0.15) is 4.83 Å². The number of thioether (sulfide) groups is 1. The van der Waals surface area contributed by atoms with E-state index in [0.717, 1.165) is 33.1 Å². The van der Waals surface area contributed by atoms with Crippen LogP contribution in [0.3, 0.4) is 0 Å². The molecule has 0 spiro atoms. The molecule has 174 valence electrons. The molecule has 0 unspecified atom stereocenters. The van der Waals surface area contributed by atoms with E-state index in [0.29, 0.717) is 15.9 Å². The second kappa shape index (κ2) is 10.1. The van der Waals surface area contributed by atoms with Crippen molar-refractivity contribution in [3.8, 4) is 11.1 Å². The minimum atomic E-state index is -0.370. The van der Waals surface area contributed by atoms with Crippen LogP contribution in [0, 0.1) is 6.92 Å². The fourth-order valence-electron chi connectivity index (χ4n) is 3.29. The molecule has 4 aromatic rings. The Morgan fingerprint density at radius 2 is 1.85 bits per heavy atom. The predicted molar refractivity (Wildman–Crippen MR) is 138 cm³/mol. The van der Waals surface area contributed by atoms with Crippen molar-refractivity contribution >= 4 is 50.8 Å². The van der Waals surface area contributed by atoms with Gasteiger partial charge in [0, 0.05) is 23.7 Å². The maximum absolute atomic E-state index is 13.0. The van der Waals surface area contributed by atoms with Crippen molar-refractivity contribution in [2.45, 2.75) is 12.1 Å². The van der Waals surface area contributed by atoms with E-state index in [9.17, 15) is 14.4 Å². The Balaban J connectivity index is 1.42. The lowest BCUT2D eigenvalue weighted by atomic mass is 10.1. The molecule has 0 aliphatic carbocycles. The number of nitrogens with zero attached hydrogens (tertiary/aromatic N) is 3. The van der Waals surface area contributed by atoms with E-state index >= 15 is 0 Å². The highest BCUT2D eigenvalue weighted by atomic mass is 32.2. The maximum Gasteiger partial charge on any atom is 0.282 e. The number of anilines is 1. The maximum atomic E-state index is 13.0. The summed E-state index contributed by atoms with van der Waals surface area (Å²) in [6.07, 6.45) is 0. The Hall–Kier alpha value is -3.63. The first-order valence-electron chi connectivity index (χ1n) is 10.4. The van der Waals surface area contributed by atoms with E-state index in [1.54, 1.807) is 19.2 Å².